The van der Waals surface area contributed by atoms with Crippen molar-refractivity contribution in [3.05, 3.63) is 70.5 Å². The number of nitrogens with zero attached hydrogens (tertiary/aromatic N) is 1. The van der Waals surface area contributed by atoms with Gasteiger partial charge in [-0.2, -0.15) is 0 Å². The zero-order valence-corrected chi connectivity index (χ0v) is 11.6. The molecule has 1 unspecified atom stereocenters. The molecule has 3 nitrogen and oxygen atoms in total. The molecule has 106 valence electrons. The number of ketones is 1. The van der Waals surface area contributed by atoms with Gasteiger partial charge in [0, 0.05) is 23.1 Å². The summed E-state index contributed by atoms with van der Waals surface area (Å²) in [5.74, 6) is -0.668. The maximum Gasteiger partial charge on any atom is 0.176 e. The molecule has 0 fully saturated rings. The van der Waals surface area contributed by atoms with E-state index in [9.17, 15) is 9.18 Å². The van der Waals surface area contributed by atoms with Crippen molar-refractivity contribution in [2.75, 3.05) is 0 Å². The average molecular weight is 282 g/mol. The van der Waals surface area contributed by atoms with Crippen LogP contribution < -0.4 is 5.73 Å². The van der Waals surface area contributed by atoms with E-state index < -0.39 is 12.0 Å². The van der Waals surface area contributed by atoms with Crippen LogP contribution >= 0.6 is 0 Å². The van der Waals surface area contributed by atoms with Gasteiger partial charge in [-0.15, -0.1) is 0 Å². The summed E-state index contributed by atoms with van der Waals surface area (Å²) in [5.41, 5.74) is 9.34. The smallest absolute Gasteiger partial charge is 0.176 e. The van der Waals surface area contributed by atoms with Gasteiger partial charge in [0.1, 0.15) is 5.82 Å². The Morgan fingerprint density at radius 2 is 1.90 bits per heavy atom. The number of aryl methyl sites for hydroxylation is 1. The second kappa shape index (κ2) is 5.22. The molecular weight excluding hydrogens is 267 g/mol. The molecular formula is C17H15FN2O. The summed E-state index contributed by atoms with van der Waals surface area (Å²) < 4.78 is 14.1. The number of Topliss-reactive ketones (excluding diaryl/α,β-unsaturated/α-hetero) is 1. The van der Waals surface area contributed by atoms with Gasteiger partial charge in [0.2, 0.25) is 0 Å². The number of rotatable bonds is 1. The SMILES string of the molecule is Cc1ccc(C2=NC(N)C(=O)Cc3c(F)cccc32)cc1. The molecule has 0 saturated heterocycles. The molecule has 0 saturated carbocycles. The van der Waals surface area contributed by atoms with Gasteiger partial charge in [-0.1, -0.05) is 42.0 Å². The summed E-state index contributed by atoms with van der Waals surface area (Å²) in [7, 11) is 0. The maximum absolute atomic E-state index is 14.1. The van der Waals surface area contributed by atoms with E-state index in [0.717, 1.165) is 11.1 Å². The average Bonchev–Trinajstić information content (AvgIpc) is 2.59. The zero-order chi connectivity index (χ0) is 15.0. The van der Waals surface area contributed by atoms with Crippen LogP contribution in [-0.4, -0.2) is 17.7 Å². The number of carbonyl (C=O) groups is 1. The van der Waals surface area contributed by atoms with Crippen LogP contribution in [0.15, 0.2) is 47.5 Å². The van der Waals surface area contributed by atoms with Crippen LogP contribution in [0.4, 0.5) is 4.39 Å². The Morgan fingerprint density at radius 3 is 2.62 bits per heavy atom. The Bertz CT molecular complexity index is 735. The Morgan fingerprint density at radius 1 is 1.19 bits per heavy atom. The third-order valence-corrected chi connectivity index (χ3v) is 3.65. The van der Waals surface area contributed by atoms with Crippen molar-refractivity contribution in [1.29, 1.82) is 0 Å². The predicted octanol–water partition coefficient (Wildman–Crippen LogP) is 2.38. The van der Waals surface area contributed by atoms with E-state index in [2.05, 4.69) is 4.99 Å². The van der Waals surface area contributed by atoms with Gasteiger partial charge < -0.3 is 5.73 Å². The predicted molar refractivity (Wildman–Crippen MR) is 79.9 cm³/mol. The van der Waals surface area contributed by atoms with Crippen molar-refractivity contribution >= 4 is 11.5 Å². The first kappa shape index (κ1) is 13.6. The number of halogens is 1. The first-order valence-corrected chi connectivity index (χ1v) is 6.77. The highest BCUT2D eigenvalue weighted by atomic mass is 19.1. The molecule has 0 radical (unpaired) electrons. The van der Waals surface area contributed by atoms with E-state index in [4.69, 9.17) is 5.73 Å². The Labute approximate surface area is 122 Å². The topological polar surface area (TPSA) is 55.4 Å². The second-order valence-corrected chi connectivity index (χ2v) is 5.20. The fraction of sp³-hybridized carbons (Fsp3) is 0.176. The molecule has 0 spiro atoms. The minimum Gasteiger partial charge on any atom is -0.303 e. The van der Waals surface area contributed by atoms with Crippen LogP contribution in [0.5, 0.6) is 0 Å². The standard InChI is InChI=1S/C17H15FN2O/c1-10-5-7-11(8-6-10)16-12-3-2-4-14(18)13(12)9-15(21)17(19)20-16/h2-8,17H,9,19H2,1H3. The van der Waals surface area contributed by atoms with Gasteiger partial charge in [-0.05, 0) is 13.0 Å². The van der Waals surface area contributed by atoms with E-state index in [0.29, 0.717) is 16.8 Å². The maximum atomic E-state index is 14.1. The Hall–Kier alpha value is -2.33. The first-order chi connectivity index (χ1) is 10.1. The van der Waals surface area contributed by atoms with Crippen LogP contribution in [0, 0.1) is 12.7 Å². The number of hydrogen-bond acceptors (Lipinski definition) is 3. The van der Waals surface area contributed by atoms with E-state index in [1.54, 1.807) is 12.1 Å². The number of benzene rings is 2. The summed E-state index contributed by atoms with van der Waals surface area (Å²) in [6.07, 6.45) is -0.977. The fourth-order valence-electron chi connectivity index (χ4n) is 2.46. The molecule has 2 aromatic carbocycles. The van der Waals surface area contributed by atoms with Gasteiger partial charge in [-0.3, -0.25) is 9.79 Å². The molecule has 2 aromatic rings. The summed E-state index contributed by atoms with van der Waals surface area (Å²) in [6, 6.07) is 12.5. The third kappa shape index (κ3) is 2.50. The van der Waals surface area contributed by atoms with Gasteiger partial charge in [0.15, 0.2) is 11.9 Å². The zero-order valence-electron chi connectivity index (χ0n) is 11.6. The quantitative estimate of drug-likeness (QED) is 0.873. The van der Waals surface area contributed by atoms with Crippen molar-refractivity contribution in [2.45, 2.75) is 19.5 Å². The summed E-state index contributed by atoms with van der Waals surface area (Å²) in [4.78, 5) is 16.3. The largest absolute Gasteiger partial charge is 0.303 e. The number of carbonyl (C=O) groups excluding carboxylic acids is 1. The minimum absolute atomic E-state index is 0.0258. The summed E-state index contributed by atoms with van der Waals surface area (Å²) in [5, 5.41) is 0. The fourth-order valence-corrected chi connectivity index (χ4v) is 2.46. The minimum atomic E-state index is -0.951. The molecule has 4 heteroatoms. The normalized spacial score (nSPS) is 18.0. The van der Waals surface area contributed by atoms with E-state index >= 15 is 0 Å². The Balaban J connectivity index is 2.22. The third-order valence-electron chi connectivity index (χ3n) is 3.65. The highest BCUT2D eigenvalue weighted by Crippen LogP contribution is 2.23. The first-order valence-electron chi connectivity index (χ1n) is 6.77. The van der Waals surface area contributed by atoms with Crippen molar-refractivity contribution < 1.29 is 9.18 Å². The van der Waals surface area contributed by atoms with Crippen molar-refractivity contribution in [2.24, 2.45) is 10.7 Å². The lowest BCUT2D eigenvalue weighted by atomic mass is 9.95. The number of nitrogens with two attached hydrogens (primary N) is 1. The van der Waals surface area contributed by atoms with E-state index in [1.807, 2.05) is 31.2 Å². The van der Waals surface area contributed by atoms with Crippen molar-refractivity contribution in [3.8, 4) is 0 Å². The van der Waals surface area contributed by atoms with E-state index in [1.165, 1.54) is 6.07 Å². The lowest BCUT2D eigenvalue weighted by molar-refractivity contribution is -0.119. The van der Waals surface area contributed by atoms with E-state index in [-0.39, 0.29) is 12.2 Å². The molecule has 1 aliphatic rings. The highest BCUT2D eigenvalue weighted by molar-refractivity contribution is 6.16. The van der Waals surface area contributed by atoms with Gasteiger partial charge >= 0.3 is 0 Å². The summed E-state index contributed by atoms with van der Waals surface area (Å²) in [6.45, 7) is 1.99. The van der Waals surface area contributed by atoms with Crippen LogP contribution in [0.3, 0.4) is 0 Å². The van der Waals surface area contributed by atoms with Gasteiger partial charge in [0.05, 0.1) is 5.71 Å². The van der Waals surface area contributed by atoms with Gasteiger partial charge in [-0.25, -0.2) is 4.39 Å². The van der Waals surface area contributed by atoms with Crippen LogP contribution in [0.25, 0.3) is 0 Å². The number of hydrogen-bond donors (Lipinski definition) is 1. The lowest BCUT2D eigenvalue weighted by Crippen LogP contribution is -2.29. The molecule has 0 aromatic heterocycles. The molecule has 3 rings (SSSR count). The van der Waals surface area contributed by atoms with Crippen molar-refractivity contribution in [3.63, 3.8) is 0 Å². The molecule has 0 bridgehead atoms. The molecule has 0 amide bonds. The summed E-state index contributed by atoms with van der Waals surface area (Å²) >= 11 is 0. The van der Waals surface area contributed by atoms with Crippen LogP contribution in [0.1, 0.15) is 22.3 Å². The Kier molecular flexibility index (Phi) is 3.39. The second-order valence-electron chi connectivity index (χ2n) is 5.20. The molecule has 1 aliphatic heterocycles. The van der Waals surface area contributed by atoms with Gasteiger partial charge in [0.25, 0.3) is 0 Å². The molecule has 1 atom stereocenters. The van der Waals surface area contributed by atoms with Crippen LogP contribution in [0.2, 0.25) is 0 Å². The molecule has 1 heterocycles. The molecule has 21 heavy (non-hydrogen) atoms. The molecule has 2 N–H and O–H groups in total. The lowest BCUT2D eigenvalue weighted by Gasteiger charge is -2.10. The highest BCUT2D eigenvalue weighted by Gasteiger charge is 2.25. The number of aliphatic imine (C=N–C) groups is 1. The molecule has 0 aliphatic carbocycles. The van der Waals surface area contributed by atoms with Crippen molar-refractivity contribution in [1.82, 2.24) is 0 Å². The van der Waals surface area contributed by atoms with Crippen LogP contribution in [-0.2, 0) is 11.2 Å². The monoisotopic (exact) mass is 282 g/mol. The number of fused-ring (bicyclic) bond motifs is 1.